The van der Waals surface area contributed by atoms with E-state index in [1.165, 1.54) is 18.0 Å². The zero-order chi connectivity index (χ0) is 33.5. The number of carbonyl (C=O) groups is 3. The molecule has 3 aromatic carbocycles. The molecule has 48 heavy (non-hydrogen) atoms. The zero-order valence-electron chi connectivity index (χ0n) is 26.0. The highest BCUT2D eigenvalue weighted by molar-refractivity contribution is 7.99. The molecule has 1 aromatic heterocycles. The molecule has 4 aromatic rings. The fraction of sp³-hybridized carbons (Fsp3) is 0.278. The number of benzene rings is 3. The highest BCUT2D eigenvalue weighted by Crippen LogP contribution is 2.39. The Bertz CT molecular complexity index is 1720. The number of aromatic nitrogens is 1. The summed E-state index contributed by atoms with van der Waals surface area (Å²) in [6, 6.07) is 28.3. The Labute approximate surface area is 282 Å². The molecule has 12 heteroatoms. The predicted molar refractivity (Wildman–Crippen MR) is 175 cm³/mol. The molecular formula is C36H35N3O8S. The molecule has 6 rings (SSSR count). The van der Waals surface area contributed by atoms with Crippen molar-refractivity contribution < 1.29 is 38.4 Å². The number of amides is 3. The molecule has 3 amide bonds. The standard InChI is InChI=1S/C36H35N3O8S/c40-21-25-11-13-27(14-12-25)31-18-29(23-48-33-8-4-5-17-39(33)44)46-35(47-31)28-15-9-24(10-16-28)20-38-32(41)19-30(34(38)42)37-36(43)45-22-26-6-2-1-3-7-26/h1-17,29-31,35,40H,18-23H2,(H,37,43)/t29-,30?,31+,35+/m1/s1. The summed E-state index contributed by atoms with van der Waals surface area (Å²) in [5, 5.41) is 24.8. The molecule has 0 aliphatic carbocycles. The number of hydrogen-bond acceptors (Lipinski definition) is 9. The maximum absolute atomic E-state index is 13.0. The number of aliphatic hydroxyl groups excluding tert-OH is 1. The second kappa shape index (κ2) is 15.4. The van der Waals surface area contributed by atoms with Gasteiger partial charge in [0.2, 0.25) is 5.91 Å². The minimum absolute atomic E-state index is 0.0485. The van der Waals surface area contributed by atoms with E-state index in [0.29, 0.717) is 17.2 Å². The van der Waals surface area contributed by atoms with E-state index in [4.69, 9.17) is 14.2 Å². The van der Waals surface area contributed by atoms with Crippen LogP contribution in [0.2, 0.25) is 0 Å². The number of nitrogens with one attached hydrogen (secondary N) is 1. The average molecular weight is 670 g/mol. The first-order valence-electron chi connectivity index (χ1n) is 15.6. The second-order valence-corrected chi connectivity index (χ2v) is 12.6. The van der Waals surface area contributed by atoms with Crippen molar-refractivity contribution in [1.82, 2.24) is 10.2 Å². The van der Waals surface area contributed by atoms with Crippen LogP contribution in [0.4, 0.5) is 4.79 Å². The summed E-state index contributed by atoms with van der Waals surface area (Å²) in [4.78, 5) is 39.2. The molecule has 2 saturated heterocycles. The first kappa shape index (κ1) is 33.2. The minimum Gasteiger partial charge on any atom is -0.618 e. The van der Waals surface area contributed by atoms with E-state index in [1.807, 2.05) is 84.9 Å². The number of pyridine rings is 1. The van der Waals surface area contributed by atoms with Crippen molar-refractivity contribution in [2.75, 3.05) is 5.75 Å². The molecule has 1 unspecified atom stereocenters. The largest absolute Gasteiger partial charge is 0.618 e. The van der Waals surface area contributed by atoms with Gasteiger partial charge in [-0.3, -0.25) is 14.5 Å². The molecule has 4 atom stereocenters. The van der Waals surface area contributed by atoms with Gasteiger partial charge in [-0.2, -0.15) is 4.73 Å². The normalized spacial score (nSPS) is 20.9. The molecule has 11 nitrogen and oxygen atoms in total. The van der Waals surface area contributed by atoms with Crippen molar-refractivity contribution in [3.8, 4) is 0 Å². The summed E-state index contributed by atoms with van der Waals surface area (Å²) >= 11 is 1.41. The number of carbonyl (C=O) groups excluding carboxylic acids is 3. The van der Waals surface area contributed by atoms with Crippen LogP contribution in [-0.4, -0.2) is 45.8 Å². The van der Waals surface area contributed by atoms with E-state index in [-0.39, 0.29) is 44.3 Å². The SMILES string of the molecule is O=C(NC1CC(=O)N(Cc2ccc([C@H]3O[C@@H](CSc4cccc[n+]4[O-])C[C@@H](c4ccc(CO)cc4)O3)cc2)C1=O)OCc1ccccc1. The molecule has 0 bridgehead atoms. The topological polar surface area (TPSA) is 141 Å². The van der Waals surface area contributed by atoms with Gasteiger partial charge in [0.05, 0.1) is 31.8 Å². The number of nitrogens with zero attached hydrogens (tertiary/aromatic N) is 2. The lowest BCUT2D eigenvalue weighted by Crippen LogP contribution is -2.41. The summed E-state index contributed by atoms with van der Waals surface area (Å²) in [6.07, 6.45) is -0.110. The smallest absolute Gasteiger partial charge is 0.408 e. The minimum atomic E-state index is -0.991. The van der Waals surface area contributed by atoms with E-state index in [2.05, 4.69) is 5.32 Å². The van der Waals surface area contributed by atoms with E-state index < -0.39 is 24.3 Å². The van der Waals surface area contributed by atoms with Gasteiger partial charge in [0.1, 0.15) is 12.6 Å². The monoisotopic (exact) mass is 669 g/mol. The van der Waals surface area contributed by atoms with Crippen LogP contribution in [0.1, 0.15) is 53.1 Å². The lowest BCUT2D eigenvalue weighted by atomic mass is 10.0. The van der Waals surface area contributed by atoms with Crippen molar-refractivity contribution in [3.05, 3.63) is 136 Å². The number of likely N-dealkylation sites (tertiary alicyclic amines) is 1. The van der Waals surface area contributed by atoms with Crippen LogP contribution < -0.4 is 10.0 Å². The van der Waals surface area contributed by atoms with Gasteiger partial charge in [0, 0.05) is 29.9 Å². The van der Waals surface area contributed by atoms with Gasteiger partial charge >= 0.3 is 6.09 Å². The maximum Gasteiger partial charge on any atom is 0.408 e. The van der Waals surface area contributed by atoms with Crippen molar-refractivity contribution in [1.29, 1.82) is 0 Å². The summed E-state index contributed by atoms with van der Waals surface area (Å²) in [5.41, 5.74) is 4.03. The predicted octanol–water partition coefficient (Wildman–Crippen LogP) is 4.70. The summed E-state index contributed by atoms with van der Waals surface area (Å²) < 4.78 is 18.8. The van der Waals surface area contributed by atoms with Crippen molar-refractivity contribution in [2.45, 2.75) is 62.2 Å². The van der Waals surface area contributed by atoms with Gasteiger partial charge in [-0.25, -0.2) is 4.79 Å². The van der Waals surface area contributed by atoms with Gasteiger partial charge in [-0.1, -0.05) is 90.6 Å². The Balaban J connectivity index is 1.09. The molecule has 2 aliphatic rings. The first-order chi connectivity index (χ1) is 23.4. The van der Waals surface area contributed by atoms with Crippen LogP contribution in [-0.2, 0) is 43.6 Å². The van der Waals surface area contributed by atoms with E-state index >= 15 is 0 Å². The van der Waals surface area contributed by atoms with Crippen molar-refractivity contribution >= 4 is 29.7 Å². The summed E-state index contributed by atoms with van der Waals surface area (Å²) in [5.74, 6) is -0.346. The van der Waals surface area contributed by atoms with Crippen molar-refractivity contribution in [3.63, 3.8) is 0 Å². The average Bonchev–Trinajstić information content (AvgIpc) is 3.38. The van der Waals surface area contributed by atoms with Gasteiger partial charge in [-0.05, 0) is 28.3 Å². The lowest BCUT2D eigenvalue weighted by Gasteiger charge is -2.36. The fourth-order valence-electron chi connectivity index (χ4n) is 5.56. The molecule has 0 radical (unpaired) electrons. The number of ether oxygens (including phenoxy) is 3. The Morgan fingerprint density at radius 1 is 0.917 bits per heavy atom. The quantitative estimate of drug-likeness (QED) is 0.101. The third kappa shape index (κ3) is 8.20. The van der Waals surface area contributed by atoms with Gasteiger partial charge < -0.3 is 29.8 Å². The highest BCUT2D eigenvalue weighted by atomic mass is 32.2. The molecule has 2 fully saturated rings. The maximum atomic E-state index is 13.0. The van der Waals surface area contributed by atoms with E-state index in [9.17, 15) is 24.7 Å². The van der Waals surface area contributed by atoms with Crippen LogP contribution in [0.3, 0.4) is 0 Å². The van der Waals surface area contributed by atoms with Gasteiger partial charge in [-0.15, -0.1) is 0 Å². The number of rotatable bonds is 11. The van der Waals surface area contributed by atoms with Gasteiger partial charge in [0.15, 0.2) is 12.5 Å². The lowest BCUT2D eigenvalue weighted by molar-refractivity contribution is -0.645. The Kier molecular flexibility index (Phi) is 10.7. The second-order valence-electron chi connectivity index (χ2n) is 11.5. The van der Waals surface area contributed by atoms with E-state index in [1.54, 1.807) is 12.1 Å². The fourth-order valence-corrected chi connectivity index (χ4v) is 6.49. The Hall–Kier alpha value is -4.75. The highest BCUT2D eigenvalue weighted by Gasteiger charge is 2.40. The zero-order valence-corrected chi connectivity index (χ0v) is 26.8. The molecule has 2 aliphatic heterocycles. The molecule has 0 spiro atoms. The first-order valence-corrected chi connectivity index (χ1v) is 16.6. The van der Waals surface area contributed by atoms with Crippen LogP contribution in [0.5, 0.6) is 0 Å². The van der Waals surface area contributed by atoms with E-state index in [0.717, 1.165) is 37.4 Å². The number of thioether (sulfide) groups is 1. The van der Waals surface area contributed by atoms with Crippen LogP contribution in [0.15, 0.2) is 108 Å². The molecule has 0 saturated carbocycles. The Morgan fingerprint density at radius 2 is 1.62 bits per heavy atom. The van der Waals surface area contributed by atoms with Crippen LogP contribution >= 0.6 is 11.8 Å². The van der Waals surface area contributed by atoms with Crippen molar-refractivity contribution in [2.24, 2.45) is 0 Å². The number of alkyl carbamates (subject to hydrolysis) is 1. The molecule has 3 heterocycles. The van der Waals surface area contributed by atoms with Crippen LogP contribution in [0.25, 0.3) is 0 Å². The number of imide groups is 1. The summed E-state index contributed by atoms with van der Waals surface area (Å²) in [7, 11) is 0. The van der Waals surface area contributed by atoms with Crippen LogP contribution in [0, 0.1) is 5.21 Å². The summed E-state index contributed by atoms with van der Waals surface area (Å²) in [6.45, 7) is 0.0466. The number of hydrogen-bond donors (Lipinski definition) is 2. The number of aliphatic hydroxyl groups is 1. The molecule has 248 valence electrons. The molecule has 2 N–H and O–H groups in total. The third-order valence-electron chi connectivity index (χ3n) is 8.16. The molecular weight excluding hydrogens is 634 g/mol. The third-order valence-corrected chi connectivity index (χ3v) is 9.31. The Morgan fingerprint density at radius 3 is 2.35 bits per heavy atom. The van der Waals surface area contributed by atoms with Gasteiger partial charge in [0.25, 0.3) is 10.9 Å².